The summed E-state index contributed by atoms with van der Waals surface area (Å²) in [6.07, 6.45) is 2.72. The van der Waals surface area contributed by atoms with Gasteiger partial charge in [-0.05, 0) is 25.7 Å². The van der Waals surface area contributed by atoms with Gasteiger partial charge in [0.2, 0.25) is 0 Å². The van der Waals surface area contributed by atoms with Crippen LogP contribution in [0, 0.1) is 5.92 Å². The first-order valence-corrected chi connectivity index (χ1v) is 5.62. The standard InChI is InChI=1S/C11H20N2O2/c1-9-4-3-7-13(8-9)11(15)12-6-5-10(2)14/h9H,3-8H2,1-2H3,(H,12,15). The van der Waals surface area contributed by atoms with Crippen LogP contribution in [-0.2, 0) is 4.79 Å². The molecule has 0 aromatic rings. The summed E-state index contributed by atoms with van der Waals surface area (Å²) >= 11 is 0. The Morgan fingerprint density at radius 1 is 1.47 bits per heavy atom. The number of Topliss-reactive ketones (excluding diaryl/α,β-unsaturated/α-hetero) is 1. The van der Waals surface area contributed by atoms with E-state index in [0.29, 0.717) is 18.9 Å². The van der Waals surface area contributed by atoms with Crippen molar-refractivity contribution < 1.29 is 9.59 Å². The lowest BCUT2D eigenvalue weighted by Crippen LogP contribution is -2.45. The number of piperidine rings is 1. The number of carbonyl (C=O) groups excluding carboxylic acids is 2. The topological polar surface area (TPSA) is 49.4 Å². The van der Waals surface area contributed by atoms with Gasteiger partial charge in [-0.15, -0.1) is 0 Å². The van der Waals surface area contributed by atoms with E-state index in [-0.39, 0.29) is 11.8 Å². The van der Waals surface area contributed by atoms with E-state index in [1.165, 1.54) is 13.3 Å². The average Bonchev–Trinajstić information content (AvgIpc) is 2.17. The van der Waals surface area contributed by atoms with E-state index < -0.39 is 0 Å². The van der Waals surface area contributed by atoms with E-state index in [9.17, 15) is 9.59 Å². The number of urea groups is 1. The summed E-state index contributed by atoms with van der Waals surface area (Å²) in [6.45, 7) is 5.84. The second-order valence-electron chi connectivity index (χ2n) is 4.38. The number of nitrogens with zero attached hydrogens (tertiary/aromatic N) is 1. The van der Waals surface area contributed by atoms with E-state index >= 15 is 0 Å². The number of rotatable bonds is 3. The van der Waals surface area contributed by atoms with Gasteiger partial charge in [-0.25, -0.2) is 4.79 Å². The smallest absolute Gasteiger partial charge is 0.317 e. The Balaban J connectivity index is 2.24. The molecule has 0 radical (unpaired) electrons. The van der Waals surface area contributed by atoms with Crippen LogP contribution in [0.2, 0.25) is 0 Å². The van der Waals surface area contributed by atoms with Gasteiger partial charge in [0.05, 0.1) is 0 Å². The van der Waals surface area contributed by atoms with Crippen LogP contribution < -0.4 is 5.32 Å². The van der Waals surface area contributed by atoms with E-state index in [0.717, 1.165) is 19.5 Å². The second-order valence-corrected chi connectivity index (χ2v) is 4.38. The predicted octanol–water partition coefficient (Wildman–Crippen LogP) is 1.41. The van der Waals surface area contributed by atoms with Gasteiger partial charge in [-0.1, -0.05) is 6.92 Å². The molecule has 4 heteroatoms. The monoisotopic (exact) mass is 212 g/mol. The first-order chi connectivity index (χ1) is 7.09. The lowest BCUT2D eigenvalue weighted by Gasteiger charge is -2.30. The molecule has 0 aliphatic carbocycles. The average molecular weight is 212 g/mol. The van der Waals surface area contributed by atoms with Crippen molar-refractivity contribution in [2.24, 2.45) is 5.92 Å². The highest BCUT2D eigenvalue weighted by molar-refractivity contribution is 5.78. The SMILES string of the molecule is CC(=O)CCNC(=O)N1CCCC(C)C1. The number of carbonyl (C=O) groups is 2. The third-order valence-electron chi connectivity index (χ3n) is 2.70. The molecule has 1 saturated heterocycles. The van der Waals surface area contributed by atoms with Crippen molar-refractivity contribution >= 4 is 11.8 Å². The number of likely N-dealkylation sites (tertiary alicyclic amines) is 1. The van der Waals surface area contributed by atoms with Crippen LogP contribution in [-0.4, -0.2) is 36.3 Å². The molecule has 86 valence electrons. The van der Waals surface area contributed by atoms with Gasteiger partial charge >= 0.3 is 6.03 Å². The summed E-state index contributed by atoms with van der Waals surface area (Å²) in [5, 5.41) is 2.77. The molecule has 0 aromatic carbocycles. The van der Waals surface area contributed by atoms with Crippen LogP contribution in [0.1, 0.15) is 33.1 Å². The van der Waals surface area contributed by atoms with E-state index in [1.807, 2.05) is 4.90 Å². The third kappa shape index (κ3) is 4.32. The first-order valence-electron chi connectivity index (χ1n) is 5.62. The van der Waals surface area contributed by atoms with Crippen molar-refractivity contribution in [2.75, 3.05) is 19.6 Å². The van der Waals surface area contributed by atoms with Crippen LogP contribution in [0.15, 0.2) is 0 Å². The number of hydrogen-bond donors (Lipinski definition) is 1. The Kier molecular flexibility index (Phi) is 4.59. The fraction of sp³-hybridized carbons (Fsp3) is 0.818. The largest absolute Gasteiger partial charge is 0.338 e. The molecular weight excluding hydrogens is 192 g/mol. The molecule has 1 N–H and O–H groups in total. The molecule has 0 aromatic heterocycles. The zero-order chi connectivity index (χ0) is 11.3. The number of ketones is 1. The summed E-state index contributed by atoms with van der Waals surface area (Å²) < 4.78 is 0. The third-order valence-corrected chi connectivity index (χ3v) is 2.70. The minimum absolute atomic E-state index is 0.0252. The van der Waals surface area contributed by atoms with E-state index in [2.05, 4.69) is 12.2 Å². The normalized spacial score (nSPS) is 21.2. The maximum atomic E-state index is 11.6. The van der Waals surface area contributed by atoms with Gasteiger partial charge < -0.3 is 10.2 Å². The molecule has 1 fully saturated rings. The first kappa shape index (κ1) is 12.0. The van der Waals surface area contributed by atoms with Crippen molar-refractivity contribution in [3.05, 3.63) is 0 Å². The van der Waals surface area contributed by atoms with Crippen molar-refractivity contribution in [1.82, 2.24) is 10.2 Å². The molecule has 1 heterocycles. The van der Waals surface area contributed by atoms with Crippen molar-refractivity contribution in [3.8, 4) is 0 Å². The van der Waals surface area contributed by atoms with Crippen molar-refractivity contribution in [1.29, 1.82) is 0 Å². The Hall–Kier alpha value is -1.06. The number of nitrogens with one attached hydrogen (secondary N) is 1. The molecule has 1 aliphatic heterocycles. The highest BCUT2D eigenvalue weighted by Crippen LogP contribution is 2.14. The minimum Gasteiger partial charge on any atom is -0.338 e. The van der Waals surface area contributed by atoms with E-state index in [4.69, 9.17) is 0 Å². The highest BCUT2D eigenvalue weighted by atomic mass is 16.2. The molecular formula is C11H20N2O2. The second kappa shape index (κ2) is 5.73. The van der Waals surface area contributed by atoms with Gasteiger partial charge in [0.25, 0.3) is 0 Å². The fourth-order valence-electron chi connectivity index (χ4n) is 1.83. The summed E-state index contributed by atoms with van der Waals surface area (Å²) in [5.41, 5.74) is 0. The Labute approximate surface area is 91.0 Å². The van der Waals surface area contributed by atoms with Crippen LogP contribution in [0.5, 0.6) is 0 Å². The fourth-order valence-corrected chi connectivity index (χ4v) is 1.83. The van der Waals surface area contributed by atoms with Gasteiger partial charge in [-0.2, -0.15) is 0 Å². The van der Waals surface area contributed by atoms with E-state index in [1.54, 1.807) is 0 Å². The number of hydrogen-bond acceptors (Lipinski definition) is 2. The summed E-state index contributed by atoms with van der Waals surface area (Å²) in [7, 11) is 0. The van der Waals surface area contributed by atoms with Crippen molar-refractivity contribution in [3.63, 3.8) is 0 Å². The van der Waals surface area contributed by atoms with Crippen LogP contribution >= 0.6 is 0 Å². The molecule has 1 atom stereocenters. The maximum absolute atomic E-state index is 11.6. The Bertz CT molecular complexity index is 241. The van der Waals surface area contributed by atoms with Crippen LogP contribution in [0.4, 0.5) is 4.79 Å². The zero-order valence-corrected chi connectivity index (χ0v) is 9.58. The molecule has 4 nitrogen and oxygen atoms in total. The molecule has 1 unspecified atom stereocenters. The Morgan fingerprint density at radius 2 is 2.20 bits per heavy atom. The number of amides is 2. The van der Waals surface area contributed by atoms with Gasteiger partial charge in [0, 0.05) is 26.1 Å². The molecule has 15 heavy (non-hydrogen) atoms. The maximum Gasteiger partial charge on any atom is 0.317 e. The lowest BCUT2D eigenvalue weighted by molar-refractivity contribution is -0.116. The zero-order valence-electron chi connectivity index (χ0n) is 9.58. The molecule has 0 saturated carbocycles. The summed E-state index contributed by atoms with van der Waals surface area (Å²) in [5.74, 6) is 0.708. The summed E-state index contributed by atoms with van der Waals surface area (Å²) in [6, 6.07) is -0.0252. The molecule has 2 amide bonds. The van der Waals surface area contributed by atoms with Gasteiger partial charge in [0.1, 0.15) is 5.78 Å². The summed E-state index contributed by atoms with van der Waals surface area (Å²) in [4.78, 5) is 24.2. The van der Waals surface area contributed by atoms with Crippen molar-refractivity contribution in [2.45, 2.75) is 33.1 Å². The predicted molar refractivity (Wildman–Crippen MR) is 58.7 cm³/mol. The minimum atomic E-state index is -0.0252. The molecule has 1 rings (SSSR count). The highest BCUT2D eigenvalue weighted by Gasteiger charge is 2.20. The van der Waals surface area contributed by atoms with Gasteiger partial charge in [0.15, 0.2) is 0 Å². The molecule has 0 spiro atoms. The molecule has 0 bridgehead atoms. The van der Waals surface area contributed by atoms with Gasteiger partial charge in [-0.3, -0.25) is 4.79 Å². The van der Waals surface area contributed by atoms with Crippen LogP contribution in [0.3, 0.4) is 0 Å². The van der Waals surface area contributed by atoms with Crippen LogP contribution in [0.25, 0.3) is 0 Å². The Morgan fingerprint density at radius 3 is 2.80 bits per heavy atom. The quantitative estimate of drug-likeness (QED) is 0.769. The lowest BCUT2D eigenvalue weighted by atomic mass is 10.0. The molecule has 1 aliphatic rings.